The van der Waals surface area contributed by atoms with Crippen LogP contribution < -0.4 is 5.32 Å². The molecule has 27 heavy (non-hydrogen) atoms. The highest BCUT2D eigenvalue weighted by molar-refractivity contribution is 6.31. The Kier molecular flexibility index (Phi) is 3.45. The van der Waals surface area contributed by atoms with E-state index >= 15 is 0 Å². The fraction of sp³-hybridized carbons (Fsp3) is 0.182. The van der Waals surface area contributed by atoms with Gasteiger partial charge in [0.1, 0.15) is 0 Å². The summed E-state index contributed by atoms with van der Waals surface area (Å²) >= 11 is 6.04. The topological polar surface area (TPSA) is 66.4 Å². The first-order valence-corrected chi connectivity index (χ1v) is 9.26. The quantitative estimate of drug-likeness (QED) is 0.678. The van der Waals surface area contributed by atoms with E-state index in [0.29, 0.717) is 21.8 Å². The lowest BCUT2D eigenvalue weighted by atomic mass is 9.86. The highest BCUT2D eigenvalue weighted by Gasteiger charge is 2.47. The van der Waals surface area contributed by atoms with Crippen LogP contribution in [0.1, 0.15) is 33.5 Å². The number of Topliss-reactive ketones (excluding diaryl/α,β-unsaturated/α-hetero) is 1. The predicted molar refractivity (Wildman–Crippen MR) is 104 cm³/mol. The highest BCUT2D eigenvalue weighted by Crippen LogP contribution is 2.41. The Balaban J connectivity index is 1.59. The van der Waals surface area contributed by atoms with Gasteiger partial charge >= 0.3 is 0 Å². The van der Waals surface area contributed by atoms with Crippen molar-refractivity contribution in [1.82, 2.24) is 0 Å². The molecule has 0 fully saturated rings. The Morgan fingerprint density at radius 2 is 1.89 bits per heavy atom. The summed E-state index contributed by atoms with van der Waals surface area (Å²) in [6, 6.07) is 14.6. The Hall–Kier alpha value is -2.69. The van der Waals surface area contributed by atoms with Gasteiger partial charge in [-0.1, -0.05) is 41.9 Å². The zero-order valence-corrected chi connectivity index (χ0v) is 15.1. The van der Waals surface area contributed by atoms with Crippen LogP contribution in [0.2, 0.25) is 5.02 Å². The van der Waals surface area contributed by atoms with Crippen molar-refractivity contribution in [3.63, 3.8) is 0 Å². The lowest BCUT2D eigenvalue weighted by molar-refractivity contribution is -0.133. The van der Waals surface area contributed by atoms with Gasteiger partial charge in [-0.05, 0) is 52.9 Å². The van der Waals surface area contributed by atoms with E-state index in [0.717, 1.165) is 23.6 Å². The van der Waals surface area contributed by atoms with Gasteiger partial charge in [0.05, 0.1) is 6.42 Å². The molecule has 0 radical (unpaired) electrons. The summed E-state index contributed by atoms with van der Waals surface area (Å²) in [7, 11) is 0. The molecule has 5 heteroatoms. The number of anilines is 1. The maximum atomic E-state index is 13.1. The number of aliphatic hydroxyl groups is 1. The van der Waals surface area contributed by atoms with Crippen LogP contribution in [0.25, 0.3) is 10.8 Å². The van der Waals surface area contributed by atoms with Crippen molar-refractivity contribution >= 4 is 39.8 Å². The maximum Gasteiger partial charge on any atom is 0.261 e. The number of fused-ring (bicyclic) bond motifs is 1. The number of ketones is 1. The molecule has 2 aliphatic rings. The fourth-order valence-electron chi connectivity index (χ4n) is 4.31. The average Bonchev–Trinajstić information content (AvgIpc) is 3.17. The first-order valence-electron chi connectivity index (χ1n) is 8.88. The van der Waals surface area contributed by atoms with E-state index in [1.807, 2.05) is 24.3 Å². The van der Waals surface area contributed by atoms with Gasteiger partial charge in [-0.3, -0.25) is 9.59 Å². The highest BCUT2D eigenvalue weighted by atomic mass is 35.5. The number of amides is 1. The number of aryl methyl sites for hydroxylation is 2. The fourth-order valence-corrected chi connectivity index (χ4v) is 4.48. The number of carbonyl (C=O) groups is 2. The van der Waals surface area contributed by atoms with Crippen LogP contribution in [0.15, 0.2) is 48.5 Å². The van der Waals surface area contributed by atoms with Gasteiger partial charge in [0.2, 0.25) is 0 Å². The van der Waals surface area contributed by atoms with Crippen molar-refractivity contribution < 1.29 is 14.7 Å². The lowest BCUT2D eigenvalue weighted by Gasteiger charge is -2.20. The summed E-state index contributed by atoms with van der Waals surface area (Å²) in [5.41, 5.74) is 1.94. The first-order chi connectivity index (χ1) is 13.0. The Labute approximate surface area is 160 Å². The zero-order chi connectivity index (χ0) is 18.8. The Morgan fingerprint density at radius 1 is 1.11 bits per heavy atom. The molecule has 1 atom stereocenters. The van der Waals surface area contributed by atoms with Gasteiger partial charge in [-0.25, -0.2) is 0 Å². The molecule has 1 aliphatic heterocycles. The second-order valence-electron chi connectivity index (χ2n) is 7.22. The third-order valence-electron chi connectivity index (χ3n) is 5.64. The average molecular weight is 378 g/mol. The van der Waals surface area contributed by atoms with Crippen molar-refractivity contribution in [2.24, 2.45) is 0 Å². The zero-order valence-electron chi connectivity index (χ0n) is 14.4. The Bertz CT molecular complexity index is 1140. The molecule has 0 bridgehead atoms. The van der Waals surface area contributed by atoms with E-state index < -0.39 is 11.5 Å². The maximum absolute atomic E-state index is 13.1. The van der Waals surface area contributed by atoms with Crippen LogP contribution in [0.5, 0.6) is 0 Å². The lowest BCUT2D eigenvalue weighted by Crippen LogP contribution is -2.36. The summed E-state index contributed by atoms with van der Waals surface area (Å²) in [5, 5.41) is 16.1. The summed E-state index contributed by atoms with van der Waals surface area (Å²) < 4.78 is 0. The minimum absolute atomic E-state index is 0.268. The number of benzene rings is 3. The van der Waals surface area contributed by atoms with Crippen LogP contribution in [0.4, 0.5) is 5.69 Å². The molecule has 1 amide bonds. The molecule has 5 rings (SSSR count). The van der Waals surface area contributed by atoms with Crippen LogP contribution in [-0.4, -0.2) is 16.8 Å². The van der Waals surface area contributed by atoms with Crippen LogP contribution in [0, 0.1) is 0 Å². The number of nitrogens with one attached hydrogen (secondary N) is 1. The molecule has 4 nitrogen and oxygen atoms in total. The largest absolute Gasteiger partial charge is 0.375 e. The molecule has 1 unspecified atom stereocenters. The van der Waals surface area contributed by atoms with Crippen molar-refractivity contribution in [3.05, 3.63) is 75.8 Å². The second kappa shape index (κ2) is 5.65. The van der Waals surface area contributed by atoms with Gasteiger partial charge < -0.3 is 10.4 Å². The van der Waals surface area contributed by atoms with E-state index in [1.54, 1.807) is 12.1 Å². The molecule has 1 aliphatic carbocycles. The molecule has 1 heterocycles. The third kappa shape index (κ3) is 2.34. The van der Waals surface area contributed by atoms with Crippen LogP contribution in [0.3, 0.4) is 0 Å². The Morgan fingerprint density at radius 3 is 2.70 bits per heavy atom. The molecule has 2 N–H and O–H groups in total. The molecule has 0 aromatic heterocycles. The van der Waals surface area contributed by atoms with Crippen LogP contribution >= 0.6 is 11.6 Å². The summed E-state index contributed by atoms with van der Waals surface area (Å²) in [4.78, 5) is 25.6. The first kappa shape index (κ1) is 16.5. The van der Waals surface area contributed by atoms with Crippen LogP contribution in [-0.2, 0) is 23.2 Å². The monoisotopic (exact) mass is 377 g/mol. The van der Waals surface area contributed by atoms with E-state index in [-0.39, 0.29) is 12.2 Å². The molecule has 0 spiro atoms. The van der Waals surface area contributed by atoms with Gasteiger partial charge in [0, 0.05) is 21.8 Å². The molecule has 3 aromatic rings. The summed E-state index contributed by atoms with van der Waals surface area (Å²) in [6.07, 6.45) is 1.62. The van der Waals surface area contributed by atoms with E-state index in [4.69, 9.17) is 11.6 Å². The van der Waals surface area contributed by atoms with Crippen molar-refractivity contribution in [2.75, 3.05) is 5.32 Å². The smallest absolute Gasteiger partial charge is 0.261 e. The molecular weight excluding hydrogens is 362 g/mol. The molecule has 134 valence electrons. The van der Waals surface area contributed by atoms with Gasteiger partial charge in [0.15, 0.2) is 11.4 Å². The normalized spacial score (nSPS) is 20.0. The number of rotatable bonds is 3. The molecule has 3 aromatic carbocycles. The van der Waals surface area contributed by atoms with Gasteiger partial charge in [-0.2, -0.15) is 0 Å². The van der Waals surface area contributed by atoms with E-state index in [2.05, 4.69) is 11.4 Å². The van der Waals surface area contributed by atoms with Gasteiger partial charge in [-0.15, -0.1) is 0 Å². The number of hydrogen-bond acceptors (Lipinski definition) is 3. The number of carbonyl (C=O) groups excluding carboxylic acids is 2. The molecule has 0 saturated carbocycles. The number of halogens is 1. The van der Waals surface area contributed by atoms with Crippen molar-refractivity contribution in [1.29, 1.82) is 0 Å². The summed E-state index contributed by atoms with van der Waals surface area (Å²) in [5.74, 6) is -0.866. The standard InChI is InChI=1S/C22H16ClNO3/c23-14-7-9-18-17(10-14)22(27,21(26)24-18)11-19(25)15-8-6-13-5-4-12-2-1-3-16(15)20(12)13/h1-3,6-10,27H,4-5,11H2,(H,24,26). The second-order valence-corrected chi connectivity index (χ2v) is 7.65. The summed E-state index contributed by atoms with van der Waals surface area (Å²) in [6.45, 7) is 0. The van der Waals surface area contributed by atoms with Crippen molar-refractivity contribution in [3.8, 4) is 0 Å². The van der Waals surface area contributed by atoms with Crippen molar-refractivity contribution in [2.45, 2.75) is 24.9 Å². The minimum atomic E-state index is -1.92. The number of hydrogen-bond donors (Lipinski definition) is 2. The predicted octanol–water partition coefficient (Wildman–Crippen LogP) is 4.00. The van der Waals surface area contributed by atoms with Gasteiger partial charge in [0.25, 0.3) is 5.91 Å². The van der Waals surface area contributed by atoms with E-state index in [1.165, 1.54) is 17.2 Å². The third-order valence-corrected chi connectivity index (χ3v) is 5.88. The minimum Gasteiger partial charge on any atom is -0.375 e. The molecule has 0 saturated heterocycles. The SMILES string of the molecule is O=C(CC1(O)C(=O)Nc2ccc(Cl)cc21)c1ccc2c3c(cccc13)CC2. The van der Waals surface area contributed by atoms with E-state index in [9.17, 15) is 14.7 Å². The molecular formula is C22H16ClNO3.